The van der Waals surface area contributed by atoms with Crippen LogP contribution in [0.4, 0.5) is 13.2 Å². The zero-order valence-electron chi connectivity index (χ0n) is 6.93. The first-order chi connectivity index (χ1) is 6.32. The predicted molar refractivity (Wildman–Crippen MR) is 49.8 cm³/mol. The zero-order chi connectivity index (χ0) is 10.9. The van der Waals surface area contributed by atoms with Crippen LogP contribution in [-0.2, 0) is 0 Å². The number of hydrogen-bond donors (Lipinski definition) is 0. The Hall–Kier alpha value is -0.430. The van der Waals surface area contributed by atoms with Crippen molar-refractivity contribution in [3.63, 3.8) is 0 Å². The van der Waals surface area contributed by atoms with Gasteiger partial charge in [0.25, 0.3) is 0 Å². The number of thiazole rings is 1. The fraction of sp³-hybridized carbons (Fsp3) is 0.429. The van der Waals surface area contributed by atoms with E-state index < -0.39 is 11.0 Å². The Morgan fingerprint density at radius 1 is 1.64 bits per heavy atom. The molecule has 1 heterocycles. The minimum absolute atomic E-state index is 0.150. The van der Waals surface area contributed by atoms with E-state index in [1.165, 1.54) is 6.92 Å². The first-order valence-electron chi connectivity index (χ1n) is 3.50. The maximum absolute atomic E-state index is 12.2. The van der Waals surface area contributed by atoms with Gasteiger partial charge in [0.1, 0.15) is 5.01 Å². The highest BCUT2D eigenvalue weighted by Gasteiger charge is 2.40. The van der Waals surface area contributed by atoms with Crippen LogP contribution in [-0.4, -0.2) is 16.9 Å². The standard InChI is InChI=1S/C7H5BrF3NOS/c1-3(13)4-2-12-6(14-4)5(8)7(9,10)11/h2,5H,1H3. The Morgan fingerprint density at radius 3 is 2.57 bits per heavy atom. The maximum atomic E-state index is 12.2. The lowest BCUT2D eigenvalue weighted by atomic mass is 10.4. The third-order valence-corrected chi connectivity index (χ3v) is 3.79. The minimum atomic E-state index is -4.38. The van der Waals surface area contributed by atoms with Crippen molar-refractivity contribution in [2.24, 2.45) is 0 Å². The summed E-state index contributed by atoms with van der Waals surface area (Å²) in [6.07, 6.45) is -3.23. The molecule has 0 aromatic carbocycles. The topological polar surface area (TPSA) is 30.0 Å². The van der Waals surface area contributed by atoms with E-state index in [0.717, 1.165) is 17.5 Å². The van der Waals surface area contributed by atoms with Crippen LogP contribution in [0.2, 0.25) is 0 Å². The van der Waals surface area contributed by atoms with Gasteiger partial charge in [0.15, 0.2) is 10.6 Å². The van der Waals surface area contributed by atoms with Crippen LogP contribution >= 0.6 is 27.3 Å². The molecule has 1 atom stereocenters. The highest BCUT2D eigenvalue weighted by Crippen LogP contribution is 2.41. The fourth-order valence-electron chi connectivity index (χ4n) is 0.708. The van der Waals surface area contributed by atoms with Crippen LogP contribution in [0.1, 0.15) is 26.4 Å². The first-order valence-corrected chi connectivity index (χ1v) is 5.23. The molecule has 0 bridgehead atoms. The number of carbonyl (C=O) groups is 1. The van der Waals surface area contributed by atoms with E-state index in [1.807, 2.05) is 0 Å². The van der Waals surface area contributed by atoms with E-state index in [4.69, 9.17) is 0 Å². The Labute approximate surface area is 90.3 Å². The third-order valence-electron chi connectivity index (χ3n) is 1.37. The maximum Gasteiger partial charge on any atom is 0.407 e. The molecule has 0 aliphatic rings. The molecule has 0 saturated heterocycles. The van der Waals surface area contributed by atoms with Crippen LogP contribution in [0.15, 0.2) is 6.20 Å². The molecular weight excluding hydrogens is 283 g/mol. The molecule has 1 aromatic rings. The van der Waals surface area contributed by atoms with Gasteiger partial charge in [0, 0.05) is 13.1 Å². The summed E-state index contributed by atoms with van der Waals surface area (Å²) in [6.45, 7) is 1.29. The molecule has 14 heavy (non-hydrogen) atoms. The smallest absolute Gasteiger partial charge is 0.294 e. The number of nitrogens with zero attached hydrogens (tertiary/aromatic N) is 1. The van der Waals surface area contributed by atoms with Gasteiger partial charge in [-0.15, -0.1) is 11.3 Å². The molecule has 0 spiro atoms. The number of rotatable bonds is 2. The van der Waals surface area contributed by atoms with Gasteiger partial charge in [-0.05, 0) is 0 Å². The number of ketones is 1. The third kappa shape index (κ3) is 2.54. The number of aromatic nitrogens is 1. The van der Waals surface area contributed by atoms with E-state index in [1.54, 1.807) is 0 Å². The van der Waals surface area contributed by atoms with Crippen molar-refractivity contribution in [1.82, 2.24) is 4.98 Å². The Kier molecular flexibility index (Phi) is 3.31. The van der Waals surface area contributed by atoms with Crippen LogP contribution in [0.5, 0.6) is 0 Å². The highest BCUT2D eigenvalue weighted by atomic mass is 79.9. The number of halogens is 4. The first kappa shape index (κ1) is 11.6. The summed E-state index contributed by atoms with van der Waals surface area (Å²) in [5.74, 6) is -0.282. The zero-order valence-corrected chi connectivity index (χ0v) is 9.33. The molecule has 1 unspecified atom stereocenters. The summed E-state index contributed by atoms with van der Waals surface area (Å²) in [4.78, 5) is 12.8. The van der Waals surface area contributed by atoms with Crippen LogP contribution < -0.4 is 0 Å². The van der Waals surface area contributed by atoms with E-state index in [9.17, 15) is 18.0 Å². The van der Waals surface area contributed by atoms with Crippen LogP contribution in [0.3, 0.4) is 0 Å². The van der Waals surface area contributed by atoms with Gasteiger partial charge in [-0.3, -0.25) is 4.79 Å². The molecule has 78 valence electrons. The lowest BCUT2D eigenvalue weighted by Gasteiger charge is -2.10. The second-order valence-corrected chi connectivity index (χ2v) is 4.50. The lowest BCUT2D eigenvalue weighted by molar-refractivity contribution is -0.128. The monoisotopic (exact) mass is 287 g/mol. The van der Waals surface area contributed by atoms with Gasteiger partial charge in [0.2, 0.25) is 0 Å². The minimum Gasteiger partial charge on any atom is -0.294 e. The van der Waals surface area contributed by atoms with Crippen molar-refractivity contribution in [2.75, 3.05) is 0 Å². The lowest BCUT2D eigenvalue weighted by Crippen LogP contribution is -2.14. The summed E-state index contributed by atoms with van der Waals surface area (Å²) >= 11 is 3.23. The van der Waals surface area contributed by atoms with E-state index in [2.05, 4.69) is 20.9 Å². The van der Waals surface area contributed by atoms with Gasteiger partial charge < -0.3 is 0 Å². The molecule has 0 fully saturated rings. The molecule has 0 saturated carbocycles. The van der Waals surface area contributed by atoms with E-state index >= 15 is 0 Å². The quantitative estimate of drug-likeness (QED) is 0.617. The van der Waals surface area contributed by atoms with Crippen molar-refractivity contribution in [3.8, 4) is 0 Å². The molecule has 2 nitrogen and oxygen atoms in total. The summed E-state index contributed by atoms with van der Waals surface area (Å²) in [7, 11) is 0. The van der Waals surface area contributed by atoms with Crippen molar-refractivity contribution in [3.05, 3.63) is 16.1 Å². The molecular formula is C7H5BrF3NOS. The van der Waals surface area contributed by atoms with E-state index in [-0.39, 0.29) is 15.7 Å². The van der Waals surface area contributed by atoms with Gasteiger partial charge in [-0.2, -0.15) is 13.2 Å². The average Bonchev–Trinajstić information content (AvgIpc) is 2.48. The number of hydrogen-bond acceptors (Lipinski definition) is 3. The highest BCUT2D eigenvalue weighted by molar-refractivity contribution is 9.09. The molecule has 0 aliphatic heterocycles. The van der Waals surface area contributed by atoms with Gasteiger partial charge in [-0.1, -0.05) is 15.9 Å². The van der Waals surface area contributed by atoms with Crippen molar-refractivity contribution in [2.45, 2.75) is 17.9 Å². The molecule has 1 aromatic heterocycles. The van der Waals surface area contributed by atoms with Gasteiger partial charge >= 0.3 is 6.18 Å². The predicted octanol–water partition coefficient (Wildman–Crippen LogP) is 3.34. The number of alkyl halides is 4. The van der Waals surface area contributed by atoms with Gasteiger partial charge in [0.05, 0.1) is 4.88 Å². The van der Waals surface area contributed by atoms with Crippen molar-refractivity contribution >= 4 is 33.0 Å². The van der Waals surface area contributed by atoms with E-state index in [0.29, 0.717) is 0 Å². The average molecular weight is 288 g/mol. The summed E-state index contributed by atoms with van der Waals surface area (Å²) < 4.78 is 36.5. The summed E-state index contributed by atoms with van der Waals surface area (Å²) in [5, 5.41) is -0.150. The largest absolute Gasteiger partial charge is 0.407 e. The van der Waals surface area contributed by atoms with Crippen molar-refractivity contribution < 1.29 is 18.0 Å². The van der Waals surface area contributed by atoms with Crippen LogP contribution in [0.25, 0.3) is 0 Å². The number of carbonyl (C=O) groups excluding carboxylic acids is 1. The fourth-order valence-corrected chi connectivity index (χ4v) is 1.92. The number of Topliss-reactive ketones (excluding diaryl/α,β-unsaturated/α-hetero) is 1. The summed E-state index contributed by atoms with van der Waals surface area (Å²) in [5.41, 5.74) is 0. The Morgan fingerprint density at radius 2 is 2.21 bits per heavy atom. The molecule has 7 heteroatoms. The Bertz CT molecular complexity index is 349. The molecule has 0 aliphatic carbocycles. The van der Waals surface area contributed by atoms with Crippen molar-refractivity contribution in [1.29, 1.82) is 0 Å². The summed E-state index contributed by atoms with van der Waals surface area (Å²) in [6, 6.07) is 0. The SMILES string of the molecule is CC(=O)c1cnc(C(Br)C(F)(F)F)s1. The molecule has 0 radical (unpaired) electrons. The second-order valence-electron chi connectivity index (χ2n) is 2.52. The normalized spacial score (nSPS) is 14.1. The van der Waals surface area contributed by atoms with Crippen LogP contribution in [0, 0.1) is 0 Å². The van der Waals surface area contributed by atoms with Gasteiger partial charge in [-0.25, -0.2) is 4.98 Å². The Balaban J connectivity index is 2.92. The second kappa shape index (κ2) is 3.98. The molecule has 0 amide bonds. The molecule has 1 rings (SSSR count). The molecule has 0 N–H and O–H groups in total.